The summed E-state index contributed by atoms with van der Waals surface area (Å²) in [4.78, 5) is 0. The van der Waals surface area contributed by atoms with Crippen molar-refractivity contribution in [1.82, 2.24) is 0 Å². The molecule has 0 saturated carbocycles. The monoisotopic (exact) mass is 230 g/mol. The molecule has 0 aromatic rings. The Bertz CT molecular complexity index is 37.1. The Balaban J connectivity index is 3.73. The molecule has 0 fully saturated rings. The Morgan fingerprint density at radius 1 is 0.667 bits per heavy atom. The van der Waals surface area contributed by atoms with Crippen molar-refractivity contribution in [2.75, 3.05) is 0 Å². The predicted molar refractivity (Wildman–Crippen MR) is 29.3 cm³/mol. The Labute approximate surface area is 57.3 Å². The summed E-state index contributed by atoms with van der Waals surface area (Å²) >= 11 is 0. The fourth-order valence-corrected chi connectivity index (χ4v) is 0. The van der Waals surface area contributed by atoms with Crippen molar-refractivity contribution >= 4 is 50.5 Å². The predicted octanol–water partition coefficient (Wildman–Crippen LogP) is 3.44. The average Bonchev–Trinajstić information content (AvgIpc) is 0.650. The van der Waals surface area contributed by atoms with E-state index in [1.54, 1.807) is 0 Å². The second-order valence-electron chi connectivity index (χ2n) is 0.540. The zero-order chi connectivity index (χ0) is 5.45. The van der Waals surface area contributed by atoms with E-state index in [-0.39, 0.29) is 0 Å². The Hall–Kier alpha value is 1.97. The fourth-order valence-electron chi connectivity index (χ4n) is 0. The van der Waals surface area contributed by atoms with Crippen molar-refractivity contribution in [2.45, 2.75) is 0 Å². The van der Waals surface area contributed by atoms with Crippen LogP contribution in [0, 0.1) is 0 Å². The first kappa shape index (κ1) is 7.97. The minimum atomic E-state index is -3.90. The summed E-state index contributed by atoms with van der Waals surface area (Å²) in [5.74, 6) is 0. The molecule has 0 atom stereocenters. The van der Waals surface area contributed by atoms with Crippen molar-refractivity contribution in [3.05, 3.63) is 0 Å². The second-order valence-corrected chi connectivity index (χ2v) is 20.0. The van der Waals surface area contributed by atoms with Crippen LogP contribution in [0.2, 0.25) is 0 Å². The quantitative estimate of drug-likeness (QED) is 0.561. The number of halogens is 5. The standard InChI is InChI=1S/5ClH.Mn/h5*1H;/q;;;;;+5/p-5. The van der Waals surface area contributed by atoms with Crippen LogP contribution < -0.4 is 0 Å². The van der Waals surface area contributed by atoms with Gasteiger partial charge in [-0.1, -0.05) is 0 Å². The third-order valence-electron chi connectivity index (χ3n) is 0. The van der Waals surface area contributed by atoms with Gasteiger partial charge in [0, 0.05) is 0 Å². The molecule has 0 aliphatic heterocycles. The topological polar surface area (TPSA) is 0 Å². The minimum absolute atomic E-state index is 3.90. The fraction of sp³-hybridized carbons (Fsp3) is 0. The summed E-state index contributed by atoms with van der Waals surface area (Å²) in [6, 6.07) is 0. The molecule has 6 heteroatoms. The van der Waals surface area contributed by atoms with E-state index in [9.17, 15) is 0 Å². The van der Waals surface area contributed by atoms with Crippen LogP contribution >= 0.6 is 50.5 Å². The summed E-state index contributed by atoms with van der Waals surface area (Å²) in [6.07, 6.45) is 0. The molecule has 0 N–H and O–H groups in total. The molecular weight excluding hydrogens is 232 g/mol. The van der Waals surface area contributed by atoms with Crippen LogP contribution in [0.3, 0.4) is 0 Å². The first-order valence-corrected chi connectivity index (χ1v) is 8.84. The van der Waals surface area contributed by atoms with Gasteiger partial charge in [0.2, 0.25) is 0 Å². The molecule has 0 rings (SSSR count). The van der Waals surface area contributed by atoms with Crippen LogP contribution in [0.15, 0.2) is 0 Å². The molecule has 0 aliphatic carbocycles. The molecule has 0 spiro atoms. The van der Waals surface area contributed by atoms with E-state index in [0.717, 1.165) is 0 Å². The van der Waals surface area contributed by atoms with Crippen molar-refractivity contribution in [3.8, 4) is 0 Å². The zero-order valence-electron chi connectivity index (χ0n) is 2.27. The molecule has 42 valence electrons. The molecule has 0 nitrogen and oxygen atoms in total. The van der Waals surface area contributed by atoms with Crippen LogP contribution in [-0.2, 0) is 7.23 Å². The SMILES string of the molecule is [Cl][Mn]([Cl])([Cl])([Cl])[Cl]. The summed E-state index contributed by atoms with van der Waals surface area (Å²) in [5.41, 5.74) is 0. The van der Waals surface area contributed by atoms with Crippen LogP contribution in [0.5, 0.6) is 0 Å². The van der Waals surface area contributed by atoms with Gasteiger partial charge in [-0.2, -0.15) is 0 Å². The molecule has 0 amide bonds. The normalized spacial score (nSPS) is 19.2. The van der Waals surface area contributed by atoms with Crippen LogP contribution in [0.25, 0.3) is 0 Å². The Morgan fingerprint density at radius 2 is 0.667 bits per heavy atom. The summed E-state index contributed by atoms with van der Waals surface area (Å²) in [7, 11) is 21.1. The van der Waals surface area contributed by atoms with Gasteiger partial charge < -0.3 is 0 Å². The van der Waals surface area contributed by atoms with Gasteiger partial charge in [-0.25, -0.2) is 0 Å². The Kier molecular flexibility index (Phi) is 2.30. The van der Waals surface area contributed by atoms with Crippen molar-refractivity contribution in [2.24, 2.45) is 0 Å². The van der Waals surface area contributed by atoms with Gasteiger partial charge in [-0.15, -0.1) is 0 Å². The molecule has 0 radical (unpaired) electrons. The molecular formula is Cl5Mn. The van der Waals surface area contributed by atoms with E-state index in [2.05, 4.69) is 0 Å². The molecule has 0 aromatic carbocycles. The van der Waals surface area contributed by atoms with Crippen LogP contribution in [0.4, 0.5) is 0 Å². The van der Waals surface area contributed by atoms with E-state index in [0.29, 0.717) is 0 Å². The number of rotatable bonds is 0. The number of hydrogen-bond acceptors (Lipinski definition) is 0. The van der Waals surface area contributed by atoms with E-state index >= 15 is 0 Å². The maximum absolute atomic E-state index is 5.00. The van der Waals surface area contributed by atoms with Crippen molar-refractivity contribution in [3.63, 3.8) is 0 Å². The zero-order valence-corrected chi connectivity index (χ0v) is 7.23. The second kappa shape index (κ2) is 1.73. The van der Waals surface area contributed by atoms with Gasteiger partial charge in [0.25, 0.3) is 0 Å². The molecule has 0 aromatic heterocycles. The van der Waals surface area contributed by atoms with E-state index in [1.807, 2.05) is 0 Å². The van der Waals surface area contributed by atoms with Gasteiger partial charge >= 0.3 is 57.7 Å². The van der Waals surface area contributed by atoms with E-state index in [4.69, 9.17) is 50.5 Å². The number of hydrogen-bond donors (Lipinski definition) is 0. The van der Waals surface area contributed by atoms with Crippen LogP contribution in [-0.4, -0.2) is 0 Å². The van der Waals surface area contributed by atoms with E-state index in [1.165, 1.54) is 0 Å². The van der Waals surface area contributed by atoms with Gasteiger partial charge in [-0.05, 0) is 0 Å². The van der Waals surface area contributed by atoms with Crippen LogP contribution in [0.1, 0.15) is 0 Å². The summed E-state index contributed by atoms with van der Waals surface area (Å²) in [6.45, 7) is 0. The van der Waals surface area contributed by atoms with E-state index < -0.39 is 7.23 Å². The summed E-state index contributed by atoms with van der Waals surface area (Å²) < 4.78 is 0. The first-order chi connectivity index (χ1) is 2.24. The van der Waals surface area contributed by atoms with Gasteiger partial charge in [0.1, 0.15) is 0 Å². The summed E-state index contributed by atoms with van der Waals surface area (Å²) in [5, 5.41) is 0. The molecule has 0 bridgehead atoms. The van der Waals surface area contributed by atoms with Gasteiger partial charge in [0.05, 0.1) is 0 Å². The third-order valence-corrected chi connectivity index (χ3v) is 0. The maximum atomic E-state index is 5.00. The van der Waals surface area contributed by atoms with Gasteiger partial charge in [-0.3, -0.25) is 0 Å². The molecule has 6 heavy (non-hydrogen) atoms. The van der Waals surface area contributed by atoms with Crippen molar-refractivity contribution < 1.29 is 7.23 Å². The molecule has 0 heterocycles. The van der Waals surface area contributed by atoms with Crippen molar-refractivity contribution in [1.29, 1.82) is 0 Å². The Morgan fingerprint density at radius 3 is 0.667 bits per heavy atom. The third kappa shape index (κ3) is 38.0. The first-order valence-electron chi connectivity index (χ1n) is 0.714. The molecule has 0 aliphatic rings. The molecule has 0 saturated heterocycles. The van der Waals surface area contributed by atoms with Gasteiger partial charge in [0.15, 0.2) is 0 Å². The average molecular weight is 232 g/mol. The molecule has 0 unspecified atom stereocenters.